The van der Waals surface area contributed by atoms with Crippen LogP contribution in [0.2, 0.25) is 0 Å². The van der Waals surface area contributed by atoms with Gasteiger partial charge in [0.25, 0.3) is 0 Å². The van der Waals surface area contributed by atoms with Crippen LogP contribution in [0, 0.1) is 0 Å². The van der Waals surface area contributed by atoms with E-state index >= 15 is 0 Å². The van der Waals surface area contributed by atoms with Crippen molar-refractivity contribution in [1.29, 1.82) is 0 Å². The number of benzene rings is 2. The van der Waals surface area contributed by atoms with E-state index in [1.54, 1.807) is 0 Å². The van der Waals surface area contributed by atoms with Crippen molar-refractivity contribution >= 4 is 28.5 Å². The molecule has 1 fully saturated rings. The molecule has 0 spiro atoms. The quantitative estimate of drug-likeness (QED) is 0.633. The molecular formula is C23H27N5O2. The minimum Gasteiger partial charge on any atom is -0.342 e. The smallest absolute Gasteiger partial charge is 0.238 e. The van der Waals surface area contributed by atoms with E-state index in [9.17, 15) is 9.59 Å². The molecule has 0 atom stereocenters. The maximum atomic E-state index is 12.5. The van der Waals surface area contributed by atoms with E-state index in [4.69, 9.17) is 0 Å². The van der Waals surface area contributed by atoms with Crippen molar-refractivity contribution in [2.24, 2.45) is 0 Å². The Balaban J connectivity index is 1.16. The molecule has 2 heterocycles. The SMILES string of the molecule is O=C(CN1CCN(C(=O)CCCc2nc3ccccc3[nH]2)CC1)Nc1ccccc1. The molecule has 0 unspecified atom stereocenters. The normalized spacial score (nSPS) is 14.7. The highest BCUT2D eigenvalue weighted by Gasteiger charge is 2.22. The van der Waals surface area contributed by atoms with Gasteiger partial charge in [-0.25, -0.2) is 4.98 Å². The summed E-state index contributed by atoms with van der Waals surface area (Å²) < 4.78 is 0. The Bertz CT molecular complexity index is 960. The number of aromatic amines is 1. The minimum absolute atomic E-state index is 0.0215. The first-order chi connectivity index (χ1) is 14.7. The van der Waals surface area contributed by atoms with Crippen LogP contribution in [0.5, 0.6) is 0 Å². The van der Waals surface area contributed by atoms with Crippen molar-refractivity contribution in [3.8, 4) is 0 Å². The van der Waals surface area contributed by atoms with E-state index in [1.807, 2.05) is 59.5 Å². The monoisotopic (exact) mass is 405 g/mol. The molecule has 2 aromatic carbocycles. The molecule has 0 aliphatic carbocycles. The Hall–Kier alpha value is -3.19. The van der Waals surface area contributed by atoms with Crippen molar-refractivity contribution in [3.63, 3.8) is 0 Å². The first-order valence-corrected chi connectivity index (χ1v) is 10.5. The number of anilines is 1. The lowest BCUT2D eigenvalue weighted by Crippen LogP contribution is -2.50. The number of carbonyl (C=O) groups excluding carboxylic acids is 2. The van der Waals surface area contributed by atoms with Crippen LogP contribution in [-0.4, -0.2) is 64.3 Å². The summed E-state index contributed by atoms with van der Waals surface area (Å²) in [6, 6.07) is 17.4. The van der Waals surface area contributed by atoms with E-state index in [1.165, 1.54) is 0 Å². The molecule has 2 N–H and O–H groups in total. The fourth-order valence-corrected chi connectivity index (χ4v) is 3.77. The molecule has 3 aromatic rings. The summed E-state index contributed by atoms with van der Waals surface area (Å²) in [6.45, 7) is 3.13. The average Bonchev–Trinajstić information content (AvgIpc) is 3.17. The molecule has 1 aliphatic rings. The van der Waals surface area contributed by atoms with Gasteiger partial charge in [-0.1, -0.05) is 30.3 Å². The third kappa shape index (κ3) is 5.24. The van der Waals surface area contributed by atoms with Crippen LogP contribution in [0.4, 0.5) is 5.69 Å². The summed E-state index contributed by atoms with van der Waals surface area (Å²) in [7, 11) is 0. The zero-order valence-electron chi connectivity index (χ0n) is 17.0. The number of amides is 2. The van der Waals surface area contributed by atoms with Gasteiger partial charge in [0, 0.05) is 44.7 Å². The van der Waals surface area contributed by atoms with E-state index in [-0.39, 0.29) is 11.8 Å². The third-order valence-corrected chi connectivity index (χ3v) is 5.39. The summed E-state index contributed by atoms with van der Waals surface area (Å²) in [5.41, 5.74) is 2.80. The average molecular weight is 406 g/mol. The second kappa shape index (κ2) is 9.54. The fourth-order valence-electron chi connectivity index (χ4n) is 3.77. The second-order valence-electron chi connectivity index (χ2n) is 7.63. The molecule has 4 rings (SSSR count). The van der Waals surface area contributed by atoms with Crippen molar-refractivity contribution in [3.05, 3.63) is 60.4 Å². The van der Waals surface area contributed by atoms with Crippen LogP contribution in [0.15, 0.2) is 54.6 Å². The number of carbonyl (C=O) groups is 2. The van der Waals surface area contributed by atoms with Crippen LogP contribution in [0.3, 0.4) is 0 Å². The second-order valence-corrected chi connectivity index (χ2v) is 7.63. The number of hydrogen-bond acceptors (Lipinski definition) is 4. The van der Waals surface area contributed by atoms with E-state index in [2.05, 4.69) is 20.2 Å². The summed E-state index contributed by atoms with van der Waals surface area (Å²) in [4.78, 5) is 36.6. The van der Waals surface area contributed by atoms with Crippen LogP contribution in [-0.2, 0) is 16.0 Å². The van der Waals surface area contributed by atoms with Gasteiger partial charge in [-0.05, 0) is 30.7 Å². The lowest BCUT2D eigenvalue weighted by Gasteiger charge is -2.34. The van der Waals surface area contributed by atoms with Crippen LogP contribution >= 0.6 is 0 Å². The Morgan fingerprint density at radius 2 is 1.70 bits per heavy atom. The summed E-state index contributed by atoms with van der Waals surface area (Å²) >= 11 is 0. The number of hydrogen-bond donors (Lipinski definition) is 2. The number of imidazole rings is 1. The van der Waals surface area contributed by atoms with Crippen LogP contribution < -0.4 is 5.32 Å². The van der Waals surface area contributed by atoms with Gasteiger partial charge < -0.3 is 15.2 Å². The molecule has 0 saturated carbocycles. The standard InChI is InChI=1S/C23H27N5O2/c29-22(24-18-7-2-1-3-8-18)17-27-13-15-28(16-14-27)23(30)12-6-11-21-25-19-9-4-5-10-20(19)26-21/h1-5,7-10H,6,11-17H2,(H,24,29)(H,25,26). The van der Waals surface area contributed by atoms with Crippen molar-refractivity contribution in [2.75, 3.05) is 38.0 Å². The molecular weight excluding hydrogens is 378 g/mol. The van der Waals surface area contributed by atoms with Gasteiger partial charge in [0.1, 0.15) is 5.82 Å². The van der Waals surface area contributed by atoms with Gasteiger partial charge in [-0.2, -0.15) is 0 Å². The number of aromatic nitrogens is 2. The van der Waals surface area contributed by atoms with Gasteiger partial charge in [0.15, 0.2) is 0 Å². The largest absolute Gasteiger partial charge is 0.342 e. The van der Waals surface area contributed by atoms with E-state index < -0.39 is 0 Å². The lowest BCUT2D eigenvalue weighted by molar-refractivity contribution is -0.133. The molecule has 0 radical (unpaired) electrons. The maximum absolute atomic E-state index is 12.5. The number of rotatable bonds is 7. The number of aryl methyl sites for hydroxylation is 1. The highest BCUT2D eigenvalue weighted by molar-refractivity contribution is 5.92. The number of H-pyrrole nitrogens is 1. The van der Waals surface area contributed by atoms with Crippen molar-refractivity contribution in [2.45, 2.75) is 19.3 Å². The number of piperazine rings is 1. The highest BCUT2D eigenvalue weighted by Crippen LogP contribution is 2.13. The number of fused-ring (bicyclic) bond motifs is 1. The van der Waals surface area contributed by atoms with E-state index in [0.717, 1.165) is 48.5 Å². The van der Waals surface area contributed by atoms with Gasteiger partial charge >= 0.3 is 0 Å². The maximum Gasteiger partial charge on any atom is 0.238 e. The molecule has 1 aliphatic heterocycles. The van der Waals surface area contributed by atoms with Gasteiger partial charge in [0.05, 0.1) is 17.6 Å². The topological polar surface area (TPSA) is 81.3 Å². The number of nitrogens with zero attached hydrogens (tertiary/aromatic N) is 3. The first-order valence-electron chi connectivity index (χ1n) is 10.5. The summed E-state index contributed by atoms with van der Waals surface area (Å²) in [6.07, 6.45) is 2.06. The van der Waals surface area contributed by atoms with Crippen molar-refractivity contribution < 1.29 is 9.59 Å². The minimum atomic E-state index is -0.0215. The Morgan fingerprint density at radius 3 is 2.47 bits per heavy atom. The zero-order valence-corrected chi connectivity index (χ0v) is 17.0. The molecule has 7 nitrogen and oxygen atoms in total. The van der Waals surface area contributed by atoms with E-state index in [0.29, 0.717) is 26.1 Å². The first kappa shape index (κ1) is 20.1. The highest BCUT2D eigenvalue weighted by atomic mass is 16.2. The number of para-hydroxylation sites is 3. The Kier molecular flexibility index (Phi) is 6.39. The lowest BCUT2D eigenvalue weighted by atomic mass is 10.2. The molecule has 2 amide bonds. The van der Waals surface area contributed by atoms with Gasteiger partial charge in [-0.15, -0.1) is 0 Å². The van der Waals surface area contributed by atoms with Crippen molar-refractivity contribution in [1.82, 2.24) is 19.8 Å². The fraction of sp³-hybridized carbons (Fsp3) is 0.348. The predicted octanol–water partition coefficient (Wildman–Crippen LogP) is 2.67. The summed E-state index contributed by atoms with van der Waals surface area (Å²) in [5, 5.41) is 2.91. The van der Waals surface area contributed by atoms with Gasteiger partial charge in [0.2, 0.25) is 11.8 Å². The molecule has 1 aromatic heterocycles. The summed E-state index contributed by atoms with van der Waals surface area (Å²) in [5.74, 6) is 1.09. The Labute approximate surface area is 176 Å². The Morgan fingerprint density at radius 1 is 0.967 bits per heavy atom. The van der Waals surface area contributed by atoms with Crippen LogP contribution in [0.1, 0.15) is 18.7 Å². The molecule has 156 valence electrons. The van der Waals surface area contributed by atoms with Gasteiger partial charge in [-0.3, -0.25) is 14.5 Å². The number of nitrogens with one attached hydrogen (secondary N) is 2. The molecule has 0 bridgehead atoms. The molecule has 7 heteroatoms. The molecule has 30 heavy (non-hydrogen) atoms. The zero-order chi connectivity index (χ0) is 20.8. The predicted molar refractivity (Wildman–Crippen MR) is 117 cm³/mol. The third-order valence-electron chi connectivity index (χ3n) is 5.39. The molecule has 1 saturated heterocycles. The van der Waals surface area contributed by atoms with Crippen LogP contribution in [0.25, 0.3) is 11.0 Å².